The summed E-state index contributed by atoms with van der Waals surface area (Å²) < 4.78 is 10.9. The lowest BCUT2D eigenvalue weighted by Crippen LogP contribution is -2.26. The number of para-hydroxylation sites is 1. The van der Waals surface area contributed by atoms with E-state index in [0.717, 1.165) is 25.3 Å². The van der Waals surface area contributed by atoms with E-state index in [4.69, 9.17) is 9.47 Å². The average molecular weight is 280 g/mol. The van der Waals surface area contributed by atoms with Gasteiger partial charge < -0.3 is 19.7 Å². The van der Waals surface area contributed by atoms with Gasteiger partial charge in [-0.3, -0.25) is 0 Å². The van der Waals surface area contributed by atoms with Crippen LogP contribution in [0.5, 0.6) is 5.75 Å². The van der Waals surface area contributed by atoms with E-state index in [1.165, 1.54) is 5.56 Å². The van der Waals surface area contributed by atoms with E-state index >= 15 is 0 Å². The van der Waals surface area contributed by atoms with Crippen molar-refractivity contribution < 1.29 is 9.47 Å². The van der Waals surface area contributed by atoms with Crippen molar-refractivity contribution >= 4 is 0 Å². The van der Waals surface area contributed by atoms with Gasteiger partial charge in [-0.2, -0.15) is 0 Å². The van der Waals surface area contributed by atoms with Crippen LogP contribution < -0.4 is 10.1 Å². The number of hydrogen-bond donors (Lipinski definition) is 1. The monoisotopic (exact) mass is 280 g/mol. The molecule has 1 N–H and O–H groups in total. The SMILES string of the molecule is CCNC(CCN(C)C)c1ccccc1OCCOC. The third-order valence-electron chi connectivity index (χ3n) is 3.15. The molecule has 114 valence electrons. The van der Waals surface area contributed by atoms with Gasteiger partial charge in [0, 0.05) is 18.7 Å². The molecule has 0 fully saturated rings. The lowest BCUT2D eigenvalue weighted by molar-refractivity contribution is 0.145. The lowest BCUT2D eigenvalue weighted by Gasteiger charge is -2.23. The summed E-state index contributed by atoms with van der Waals surface area (Å²) in [6.07, 6.45) is 1.06. The predicted molar refractivity (Wildman–Crippen MR) is 83.4 cm³/mol. The molecule has 0 amide bonds. The third kappa shape index (κ3) is 5.90. The van der Waals surface area contributed by atoms with E-state index < -0.39 is 0 Å². The Balaban J connectivity index is 2.77. The summed E-state index contributed by atoms with van der Waals surface area (Å²) in [6, 6.07) is 8.58. The molecule has 1 aromatic carbocycles. The van der Waals surface area contributed by atoms with E-state index in [-0.39, 0.29) is 0 Å². The molecule has 0 radical (unpaired) electrons. The first-order valence-corrected chi connectivity index (χ1v) is 7.27. The van der Waals surface area contributed by atoms with Crippen LogP contribution in [0.25, 0.3) is 0 Å². The molecular formula is C16H28N2O2. The highest BCUT2D eigenvalue weighted by Gasteiger charge is 2.15. The first-order chi connectivity index (χ1) is 9.69. The van der Waals surface area contributed by atoms with Crippen LogP contribution in [0.15, 0.2) is 24.3 Å². The molecule has 0 aliphatic carbocycles. The number of methoxy groups -OCH3 is 1. The number of ether oxygens (including phenoxy) is 2. The second kappa shape index (κ2) is 9.75. The van der Waals surface area contributed by atoms with Gasteiger partial charge in [-0.15, -0.1) is 0 Å². The fourth-order valence-corrected chi connectivity index (χ4v) is 2.14. The zero-order valence-electron chi connectivity index (χ0n) is 13.2. The fourth-order valence-electron chi connectivity index (χ4n) is 2.14. The molecule has 0 heterocycles. The summed E-state index contributed by atoms with van der Waals surface area (Å²) in [6.45, 7) is 5.32. The van der Waals surface area contributed by atoms with Crippen LogP contribution in [0, 0.1) is 0 Å². The molecule has 20 heavy (non-hydrogen) atoms. The van der Waals surface area contributed by atoms with E-state index in [2.05, 4.69) is 43.4 Å². The molecule has 0 aromatic heterocycles. The van der Waals surface area contributed by atoms with Crippen LogP contribution in [0.1, 0.15) is 24.9 Å². The smallest absolute Gasteiger partial charge is 0.124 e. The van der Waals surface area contributed by atoms with E-state index in [1.54, 1.807) is 7.11 Å². The molecule has 1 atom stereocenters. The number of nitrogens with zero attached hydrogens (tertiary/aromatic N) is 1. The van der Waals surface area contributed by atoms with Crippen LogP contribution in [0.2, 0.25) is 0 Å². The Morgan fingerprint density at radius 1 is 1.20 bits per heavy atom. The van der Waals surface area contributed by atoms with Crippen LogP contribution in [0.3, 0.4) is 0 Å². The van der Waals surface area contributed by atoms with Gasteiger partial charge in [0.25, 0.3) is 0 Å². The predicted octanol–water partition coefficient (Wildman–Crippen LogP) is 2.31. The maximum atomic E-state index is 5.83. The first kappa shape index (κ1) is 17.0. The maximum absolute atomic E-state index is 5.83. The summed E-state index contributed by atoms with van der Waals surface area (Å²) in [5.74, 6) is 0.953. The molecule has 0 saturated heterocycles. The van der Waals surface area contributed by atoms with Crippen molar-refractivity contribution in [2.24, 2.45) is 0 Å². The van der Waals surface area contributed by atoms with Crippen molar-refractivity contribution in [1.82, 2.24) is 10.2 Å². The van der Waals surface area contributed by atoms with Gasteiger partial charge in [-0.1, -0.05) is 25.1 Å². The van der Waals surface area contributed by atoms with Gasteiger partial charge in [-0.05, 0) is 39.7 Å². The van der Waals surface area contributed by atoms with Crippen LogP contribution in [0.4, 0.5) is 0 Å². The Kier molecular flexibility index (Phi) is 8.26. The van der Waals surface area contributed by atoms with Crippen LogP contribution in [-0.2, 0) is 4.74 Å². The Morgan fingerprint density at radius 2 is 1.95 bits per heavy atom. The van der Waals surface area contributed by atoms with E-state index in [1.807, 2.05) is 12.1 Å². The van der Waals surface area contributed by atoms with Crippen molar-refractivity contribution in [3.63, 3.8) is 0 Å². The zero-order valence-corrected chi connectivity index (χ0v) is 13.2. The van der Waals surface area contributed by atoms with Crippen molar-refractivity contribution in [2.45, 2.75) is 19.4 Å². The maximum Gasteiger partial charge on any atom is 0.124 e. The Bertz CT molecular complexity index is 369. The molecule has 4 heteroatoms. The molecule has 0 saturated carbocycles. The summed E-state index contributed by atoms with van der Waals surface area (Å²) in [5.41, 5.74) is 1.23. The van der Waals surface area contributed by atoms with Crippen molar-refractivity contribution in [2.75, 3.05) is 47.5 Å². The van der Waals surface area contributed by atoms with Crippen molar-refractivity contribution in [3.05, 3.63) is 29.8 Å². The quantitative estimate of drug-likeness (QED) is 0.667. The number of rotatable bonds is 10. The topological polar surface area (TPSA) is 33.7 Å². The summed E-state index contributed by atoms with van der Waals surface area (Å²) in [4.78, 5) is 2.21. The summed E-state index contributed by atoms with van der Waals surface area (Å²) in [5, 5.41) is 3.55. The minimum Gasteiger partial charge on any atom is -0.491 e. The highest BCUT2D eigenvalue weighted by Crippen LogP contribution is 2.27. The lowest BCUT2D eigenvalue weighted by atomic mass is 10.0. The Morgan fingerprint density at radius 3 is 2.60 bits per heavy atom. The van der Waals surface area contributed by atoms with Gasteiger partial charge in [0.05, 0.1) is 6.61 Å². The number of hydrogen-bond acceptors (Lipinski definition) is 4. The molecule has 1 aromatic rings. The molecule has 0 aliphatic heterocycles. The van der Waals surface area contributed by atoms with Gasteiger partial charge in [0.15, 0.2) is 0 Å². The minimum absolute atomic E-state index is 0.321. The fraction of sp³-hybridized carbons (Fsp3) is 0.625. The van der Waals surface area contributed by atoms with Gasteiger partial charge in [0.1, 0.15) is 12.4 Å². The van der Waals surface area contributed by atoms with Gasteiger partial charge >= 0.3 is 0 Å². The number of nitrogens with one attached hydrogen (secondary N) is 1. The molecule has 0 bridgehead atoms. The third-order valence-corrected chi connectivity index (χ3v) is 3.15. The molecule has 4 nitrogen and oxygen atoms in total. The van der Waals surface area contributed by atoms with Crippen LogP contribution >= 0.6 is 0 Å². The molecule has 1 rings (SSSR count). The molecule has 1 unspecified atom stereocenters. The largest absolute Gasteiger partial charge is 0.491 e. The second-order valence-electron chi connectivity index (χ2n) is 5.08. The molecule has 0 aliphatic rings. The highest BCUT2D eigenvalue weighted by molar-refractivity contribution is 5.36. The molecule has 0 spiro atoms. The average Bonchev–Trinajstić information content (AvgIpc) is 2.44. The Hall–Kier alpha value is -1.10. The zero-order chi connectivity index (χ0) is 14.8. The van der Waals surface area contributed by atoms with E-state index in [9.17, 15) is 0 Å². The Labute approximate surface area is 123 Å². The standard InChI is InChI=1S/C16H28N2O2/c1-5-17-15(10-11-18(2)3)14-8-6-7-9-16(14)20-13-12-19-4/h6-9,15,17H,5,10-13H2,1-4H3. The van der Waals surface area contributed by atoms with E-state index in [0.29, 0.717) is 19.3 Å². The second-order valence-corrected chi connectivity index (χ2v) is 5.08. The highest BCUT2D eigenvalue weighted by atomic mass is 16.5. The van der Waals surface area contributed by atoms with Crippen molar-refractivity contribution in [1.29, 1.82) is 0 Å². The molecular weight excluding hydrogens is 252 g/mol. The number of benzene rings is 1. The minimum atomic E-state index is 0.321. The van der Waals surface area contributed by atoms with Crippen molar-refractivity contribution in [3.8, 4) is 5.75 Å². The van der Waals surface area contributed by atoms with Crippen LogP contribution in [-0.4, -0.2) is 52.4 Å². The first-order valence-electron chi connectivity index (χ1n) is 7.27. The normalized spacial score (nSPS) is 12.7. The summed E-state index contributed by atoms with van der Waals surface area (Å²) >= 11 is 0. The van der Waals surface area contributed by atoms with Gasteiger partial charge in [0.2, 0.25) is 0 Å². The van der Waals surface area contributed by atoms with Gasteiger partial charge in [-0.25, -0.2) is 0 Å². The summed E-state index contributed by atoms with van der Waals surface area (Å²) in [7, 11) is 5.89.